The molecule has 1 aliphatic rings. The lowest BCUT2D eigenvalue weighted by molar-refractivity contribution is 0.336. The van der Waals surface area contributed by atoms with Gasteiger partial charge in [-0.25, -0.2) is 0 Å². The molecular formula is C7H13BN2O2S. The Hall–Kier alpha value is -0.455. The summed E-state index contributed by atoms with van der Waals surface area (Å²) in [6.07, 6.45) is 1.72. The van der Waals surface area contributed by atoms with Crippen molar-refractivity contribution >= 4 is 31.0 Å². The van der Waals surface area contributed by atoms with E-state index in [-0.39, 0.29) is 5.94 Å². The Kier molecular flexibility index (Phi) is 3.83. The molecule has 1 fully saturated rings. The van der Waals surface area contributed by atoms with E-state index in [9.17, 15) is 0 Å². The van der Waals surface area contributed by atoms with Crippen LogP contribution in [0.25, 0.3) is 0 Å². The van der Waals surface area contributed by atoms with E-state index in [2.05, 4.69) is 11.7 Å². The molecule has 1 rings (SSSR count). The van der Waals surface area contributed by atoms with Gasteiger partial charge in [0.1, 0.15) is 0 Å². The molecule has 0 aliphatic carbocycles. The van der Waals surface area contributed by atoms with Crippen molar-refractivity contribution in [2.24, 2.45) is 4.99 Å². The zero-order chi connectivity index (χ0) is 9.84. The first-order valence-corrected chi connectivity index (χ1v) is 4.65. The number of hydrogen-bond donors (Lipinski definition) is 2. The van der Waals surface area contributed by atoms with Crippen LogP contribution in [0.4, 0.5) is 0 Å². The molecule has 13 heavy (non-hydrogen) atoms. The molecule has 6 heteroatoms. The Morgan fingerprint density at radius 2 is 2.38 bits per heavy atom. The summed E-state index contributed by atoms with van der Waals surface area (Å²) in [6.45, 7) is 4.53. The van der Waals surface area contributed by atoms with E-state index in [4.69, 9.17) is 22.3 Å². The fourth-order valence-corrected chi connectivity index (χ4v) is 1.92. The average molecular weight is 200 g/mol. The van der Waals surface area contributed by atoms with Gasteiger partial charge in [-0.1, -0.05) is 12.2 Å². The van der Waals surface area contributed by atoms with Crippen molar-refractivity contribution < 1.29 is 10.0 Å². The molecule has 0 bridgehead atoms. The second-order valence-electron chi connectivity index (χ2n) is 3.09. The Bertz CT molecular complexity index is 213. The molecule has 2 N–H and O–H groups in total. The van der Waals surface area contributed by atoms with Gasteiger partial charge in [-0.3, -0.25) is 4.99 Å². The van der Waals surface area contributed by atoms with Crippen LogP contribution in [-0.2, 0) is 0 Å². The van der Waals surface area contributed by atoms with Gasteiger partial charge in [0.25, 0.3) is 0 Å². The van der Waals surface area contributed by atoms with E-state index >= 15 is 0 Å². The van der Waals surface area contributed by atoms with Crippen LogP contribution in [0.3, 0.4) is 0 Å². The maximum absolute atomic E-state index is 9.05. The van der Waals surface area contributed by atoms with Gasteiger partial charge in [0.05, 0.1) is 17.5 Å². The van der Waals surface area contributed by atoms with Crippen LogP contribution in [0, 0.1) is 0 Å². The molecule has 1 atom stereocenters. The Morgan fingerprint density at radius 1 is 1.69 bits per heavy atom. The Morgan fingerprint density at radius 3 is 2.92 bits per heavy atom. The molecule has 0 spiro atoms. The molecule has 1 aliphatic heterocycles. The first-order valence-electron chi connectivity index (χ1n) is 4.25. The number of likely N-dealkylation sites (tertiary alicyclic amines) is 1. The summed E-state index contributed by atoms with van der Waals surface area (Å²) in [5.41, 5.74) is 0. The van der Waals surface area contributed by atoms with E-state index in [0.717, 1.165) is 19.4 Å². The fourth-order valence-electron chi connectivity index (χ4n) is 1.60. The standard InChI is InChI=1S/C7H13BN2O2S/c1-9-5-7(13)10-4-2-3-6(10)8(11)12/h6,11-12H,1-5H2/t6-/m0/s1. The topological polar surface area (TPSA) is 56.1 Å². The van der Waals surface area contributed by atoms with Crippen LogP contribution in [0.15, 0.2) is 4.99 Å². The smallest absolute Gasteiger partial charge is 0.426 e. The number of aliphatic imine (C=N–C) groups is 1. The van der Waals surface area contributed by atoms with Crippen LogP contribution in [0.1, 0.15) is 12.8 Å². The molecule has 0 amide bonds. The summed E-state index contributed by atoms with van der Waals surface area (Å²) >= 11 is 5.08. The van der Waals surface area contributed by atoms with Crippen LogP contribution >= 0.6 is 12.2 Å². The monoisotopic (exact) mass is 200 g/mol. The molecule has 0 aromatic heterocycles. The third-order valence-corrected chi connectivity index (χ3v) is 2.57. The highest BCUT2D eigenvalue weighted by Gasteiger charge is 2.34. The van der Waals surface area contributed by atoms with Crippen LogP contribution in [0.2, 0.25) is 0 Å². The molecule has 0 aromatic rings. The number of thiocarbonyl (C=S) groups is 1. The van der Waals surface area contributed by atoms with Crippen molar-refractivity contribution in [3.05, 3.63) is 0 Å². The van der Waals surface area contributed by atoms with E-state index in [0.29, 0.717) is 11.5 Å². The van der Waals surface area contributed by atoms with Gasteiger partial charge >= 0.3 is 7.12 Å². The molecule has 0 radical (unpaired) electrons. The second kappa shape index (κ2) is 4.69. The quantitative estimate of drug-likeness (QED) is 0.366. The lowest BCUT2D eigenvalue weighted by Crippen LogP contribution is -2.45. The van der Waals surface area contributed by atoms with Crippen molar-refractivity contribution in [3.63, 3.8) is 0 Å². The molecule has 0 saturated carbocycles. The SMILES string of the molecule is C=NCC(=S)N1CCC[C@H]1B(O)O. The van der Waals surface area contributed by atoms with E-state index in [1.54, 1.807) is 0 Å². The third kappa shape index (κ3) is 2.49. The van der Waals surface area contributed by atoms with E-state index in [1.807, 2.05) is 4.90 Å². The molecule has 72 valence electrons. The lowest BCUT2D eigenvalue weighted by Gasteiger charge is -2.25. The van der Waals surface area contributed by atoms with Crippen LogP contribution < -0.4 is 0 Å². The van der Waals surface area contributed by atoms with Crippen molar-refractivity contribution in [1.29, 1.82) is 0 Å². The summed E-state index contributed by atoms with van der Waals surface area (Å²) < 4.78 is 0. The van der Waals surface area contributed by atoms with Gasteiger partial charge in [0, 0.05) is 6.54 Å². The zero-order valence-electron chi connectivity index (χ0n) is 7.39. The number of rotatable bonds is 3. The van der Waals surface area contributed by atoms with Crippen LogP contribution in [-0.4, -0.2) is 52.8 Å². The summed E-state index contributed by atoms with van der Waals surface area (Å²) in [7, 11) is -1.31. The third-order valence-electron chi connectivity index (χ3n) is 2.21. The highest BCUT2D eigenvalue weighted by atomic mass is 32.1. The van der Waals surface area contributed by atoms with Gasteiger partial charge in [-0.05, 0) is 19.6 Å². The molecule has 1 saturated heterocycles. The van der Waals surface area contributed by atoms with Crippen LogP contribution in [0.5, 0.6) is 0 Å². The lowest BCUT2D eigenvalue weighted by atomic mass is 9.78. The second-order valence-corrected chi connectivity index (χ2v) is 3.56. The van der Waals surface area contributed by atoms with Crippen molar-refractivity contribution in [2.75, 3.05) is 13.1 Å². The van der Waals surface area contributed by atoms with Gasteiger partial charge in [0.15, 0.2) is 0 Å². The molecule has 1 heterocycles. The fraction of sp³-hybridized carbons (Fsp3) is 0.714. The van der Waals surface area contributed by atoms with Crippen molar-refractivity contribution in [1.82, 2.24) is 4.90 Å². The number of nitrogens with zero attached hydrogens (tertiary/aromatic N) is 2. The number of hydrogen-bond acceptors (Lipinski definition) is 4. The Balaban J connectivity index is 2.57. The summed E-state index contributed by atoms with van der Waals surface area (Å²) in [4.78, 5) is 6.15. The largest absolute Gasteiger partial charge is 0.475 e. The average Bonchev–Trinajstić information content (AvgIpc) is 2.52. The maximum atomic E-state index is 9.05. The van der Waals surface area contributed by atoms with Crippen molar-refractivity contribution in [3.8, 4) is 0 Å². The maximum Gasteiger partial charge on any atom is 0.475 e. The Labute approximate surface area is 83.4 Å². The molecule has 0 unspecified atom stereocenters. The van der Waals surface area contributed by atoms with E-state index in [1.165, 1.54) is 0 Å². The minimum absolute atomic E-state index is 0.255. The minimum Gasteiger partial charge on any atom is -0.426 e. The highest BCUT2D eigenvalue weighted by molar-refractivity contribution is 7.80. The predicted molar refractivity (Wildman–Crippen MR) is 56.9 cm³/mol. The minimum atomic E-state index is -1.31. The highest BCUT2D eigenvalue weighted by Crippen LogP contribution is 2.18. The summed E-state index contributed by atoms with van der Waals surface area (Å²) in [6, 6.07) is 0. The predicted octanol–water partition coefficient (Wildman–Crippen LogP) is -0.509. The zero-order valence-corrected chi connectivity index (χ0v) is 8.20. The molecular weight excluding hydrogens is 187 g/mol. The van der Waals surface area contributed by atoms with Gasteiger partial charge < -0.3 is 14.9 Å². The summed E-state index contributed by atoms with van der Waals surface area (Å²) in [5.74, 6) is -0.255. The normalized spacial score (nSPS) is 21.7. The van der Waals surface area contributed by atoms with Gasteiger partial charge in [0.2, 0.25) is 0 Å². The first kappa shape index (κ1) is 10.6. The van der Waals surface area contributed by atoms with Gasteiger partial charge in [-0.2, -0.15) is 0 Å². The van der Waals surface area contributed by atoms with E-state index < -0.39 is 7.12 Å². The molecule has 4 nitrogen and oxygen atoms in total. The van der Waals surface area contributed by atoms with Crippen molar-refractivity contribution in [2.45, 2.75) is 18.8 Å². The molecule has 0 aromatic carbocycles. The van der Waals surface area contributed by atoms with Gasteiger partial charge in [-0.15, -0.1) is 0 Å². The first-order chi connectivity index (χ1) is 6.16. The summed E-state index contributed by atoms with van der Waals surface area (Å²) in [5, 5.41) is 18.1.